The molecule has 0 aliphatic rings. The summed E-state index contributed by atoms with van der Waals surface area (Å²) in [4.78, 5) is 16.1. The number of amides is 1. The van der Waals surface area contributed by atoms with Crippen molar-refractivity contribution >= 4 is 32.6 Å². The lowest BCUT2D eigenvalue weighted by atomic mass is 10.1. The van der Waals surface area contributed by atoms with E-state index in [0.29, 0.717) is 5.56 Å². The molecule has 0 atom stereocenters. The second-order valence-electron chi connectivity index (χ2n) is 3.34. The Labute approximate surface area is 101 Å². The lowest BCUT2D eigenvalue weighted by Crippen LogP contribution is -2.21. The predicted molar refractivity (Wildman–Crippen MR) is 66.1 cm³/mol. The van der Waals surface area contributed by atoms with Gasteiger partial charge in [0, 0.05) is 10.0 Å². The zero-order valence-electron chi connectivity index (χ0n) is 8.66. The van der Waals surface area contributed by atoms with Gasteiger partial charge in [-0.3, -0.25) is 9.63 Å². The molecule has 0 saturated carbocycles. The number of nitrogens with one attached hydrogen (secondary N) is 1. The van der Waals surface area contributed by atoms with E-state index in [4.69, 9.17) is 0 Å². The van der Waals surface area contributed by atoms with Crippen LogP contribution in [0.25, 0.3) is 10.8 Å². The van der Waals surface area contributed by atoms with Crippen LogP contribution in [-0.2, 0) is 4.84 Å². The van der Waals surface area contributed by atoms with Crippen LogP contribution >= 0.6 is 15.9 Å². The average Bonchev–Trinajstić information content (AvgIpc) is 2.28. The Balaban J connectivity index is 2.44. The molecule has 82 valence electrons. The Morgan fingerprint density at radius 2 is 1.88 bits per heavy atom. The molecule has 0 spiro atoms. The van der Waals surface area contributed by atoms with Crippen LogP contribution in [0.5, 0.6) is 0 Å². The third-order valence-electron chi connectivity index (χ3n) is 2.26. The SMILES string of the molecule is CONC(=O)c1ccc2cc(Br)ccc2c1. The third kappa shape index (κ3) is 2.23. The van der Waals surface area contributed by atoms with Gasteiger partial charge in [-0.25, -0.2) is 5.48 Å². The van der Waals surface area contributed by atoms with Gasteiger partial charge in [0.25, 0.3) is 5.91 Å². The van der Waals surface area contributed by atoms with Gasteiger partial charge in [0.05, 0.1) is 7.11 Å². The summed E-state index contributed by atoms with van der Waals surface area (Å²) in [6, 6.07) is 11.4. The van der Waals surface area contributed by atoms with Gasteiger partial charge in [-0.1, -0.05) is 28.1 Å². The molecule has 0 radical (unpaired) electrons. The van der Waals surface area contributed by atoms with E-state index in [1.807, 2.05) is 30.3 Å². The number of carbonyl (C=O) groups excluding carboxylic acids is 1. The average molecular weight is 280 g/mol. The fourth-order valence-electron chi connectivity index (χ4n) is 1.51. The zero-order valence-corrected chi connectivity index (χ0v) is 10.2. The van der Waals surface area contributed by atoms with Gasteiger partial charge in [-0.15, -0.1) is 0 Å². The van der Waals surface area contributed by atoms with Crippen molar-refractivity contribution in [2.24, 2.45) is 0 Å². The van der Waals surface area contributed by atoms with E-state index in [-0.39, 0.29) is 5.91 Å². The predicted octanol–water partition coefficient (Wildman–Crippen LogP) is 2.89. The summed E-state index contributed by atoms with van der Waals surface area (Å²) >= 11 is 3.41. The van der Waals surface area contributed by atoms with Crippen LogP contribution in [0.3, 0.4) is 0 Å². The maximum Gasteiger partial charge on any atom is 0.274 e. The van der Waals surface area contributed by atoms with Crippen molar-refractivity contribution in [2.75, 3.05) is 7.11 Å². The molecule has 0 aromatic heterocycles. The zero-order chi connectivity index (χ0) is 11.5. The molecular formula is C12H10BrNO2. The summed E-state index contributed by atoms with van der Waals surface area (Å²) in [6.45, 7) is 0. The Hall–Kier alpha value is -1.39. The smallest absolute Gasteiger partial charge is 0.274 e. The third-order valence-corrected chi connectivity index (χ3v) is 2.75. The fourth-order valence-corrected chi connectivity index (χ4v) is 1.89. The van der Waals surface area contributed by atoms with Crippen LogP contribution in [0.2, 0.25) is 0 Å². The quantitative estimate of drug-likeness (QED) is 0.859. The van der Waals surface area contributed by atoms with Gasteiger partial charge in [0.1, 0.15) is 0 Å². The number of halogens is 1. The van der Waals surface area contributed by atoms with E-state index in [1.54, 1.807) is 6.07 Å². The first-order valence-electron chi connectivity index (χ1n) is 4.73. The van der Waals surface area contributed by atoms with Gasteiger partial charge in [-0.05, 0) is 35.0 Å². The van der Waals surface area contributed by atoms with Crippen LogP contribution in [0.4, 0.5) is 0 Å². The van der Waals surface area contributed by atoms with Gasteiger partial charge in [0.2, 0.25) is 0 Å². The first-order valence-corrected chi connectivity index (χ1v) is 5.52. The number of fused-ring (bicyclic) bond motifs is 1. The first kappa shape index (κ1) is 11.1. The molecule has 2 aromatic carbocycles. The van der Waals surface area contributed by atoms with Gasteiger partial charge < -0.3 is 0 Å². The van der Waals surface area contributed by atoms with E-state index in [2.05, 4.69) is 26.2 Å². The highest BCUT2D eigenvalue weighted by atomic mass is 79.9. The minimum absolute atomic E-state index is 0.243. The molecule has 2 aromatic rings. The van der Waals surface area contributed by atoms with Crippen LogP contribution in [0.1, 0.15) is 10.4 Å². The Bertz CT molecular complexity index is 540. The standard InChI is InChI=1S/C12H10BrNO2/c1-16-14-12(15)10-3-2-9-7-11(13)5-4-8(9)6-10/h2-7H,1H3,(H,14,15). The molecule has 1 N–H and O–H groups in total. The highest BCUT2D eigenvalue weighted by molar-refractivity contribution is 9.10. The first-order chi connectivity index (χ1) is 7.70. The summed E-state index contributed by atoms with van der Waals surface area (Å²) in [5.41, 5.74) is 2.87. The topological polar surface area (TPSA) is 38.3 Å². The number of rotatable bonds is 2. The van der Waals surface area contributed by atoms with Crippen LogP contribution in [-0.4, -0.2) is 13.0 Å². The Kier molecular flexibility index (Phi) is 3.22. The molecule has 0 heterocycles. The molecule has 0 fully saturated rings. The molecule has 0 bridgehead atoms. The monoisotopic (exact) mass is 279 g/mol. The second-order valence-corrected chi connectivity index (χ2v) is 4.26. The highest BCUT2D eigenvalue weighted by Crippen LogP contribution is 2.20. The van der Waals surface area contributed by atoms with E-state index < -0.39 is 0 Å². The number of hydroxylamine groups is 1. The summed E-state index contributed by atoms with van der Waals surface area (Å²) in [7, 11) is 1.41. The number of benzene rings is 2. The van der Waals surface area contributed by atoms with Crippen molar-refractivity contribution in [3.63, 3.8) is 0 Å². The van der Waals surface area contributed by atoms with Gasteiger partial charge in [0.15, 0.2) is 0 Å². The number of carbonyl (C=O) groups is 1. The summed E-state index contributed by atoms with van der Waals surface area (Å²) < 4.78 is 1.02. The maximum absolute atomic E-state index is 11.5. The summed E-state index contributed by atoms with van der Waals surface area (Å²) in [5, 5.41) is 2.11. The summed E-state index contributed by atoms with van der Waals surface area (Å²) in [5.74, 6) is -0.243. The Morgan fingerprint density at radius 3 is 2.62 bits per heavy atom. The number of hydrogen-bond acceptors (Lipinski definition) is 2. The fraction of sp³-hybridized carbons (Fsp3) is 0.0833. The lowest BCUT2D eigenvalue weighted by molar-refractivity contribution is 0.0538. The summed E-state index contributed by atoms with van der Waals surface area (Å²) in [6.07, 6.45) is 0. The lowest BCUT2D eigenvalue weighted by Gasteiger charge is -2.04. The maximum atomic E-state index is 11.5. The Morgan fingerprint density at radius 1 is 1.19 bits per heavy atom. The van der Waals surface area contributed by atoms with Crippen LogP contribution in [0, 0.1) is 0 Å². The van der Waals surface area contributed by atoms with Gasteiger partial charge in [-0.2, -0.15) is 0 Å². The largest absolute Gasteiger partial charge is 0.277 e. The van der Waals surface area contributed by atoms with Crippen LogP contribution < -0.4 is 5.48 Å². The molecule has 0 aliphatic heterocycles. The molecule has 0 aliphatic carbocycles. The molecular weight excluding hydrogens is 270 g/mol. The minimum Gasteiger partial charge on any atom is -0.277 e. The molecule has 1 amide bonds. The molecule has 2 rings (SSSR count). The molecule has 0 saturated heterocycles. The van der Waals surface area contributed by atoms with Crippen molar-refractivity contribution in [1.29, 1.82) is 0 Å². The van der Waals surface area contributed by atoms with Crippen molar-refractivity contribution in [1.82, 2.24) is 5.48 Å². The molecule has 4 heteroatoms. The molecule has 0 unspecified atom stereocenters. The van der Waals surface area contributed by atoms with Gasteiger partial charge >= 0.3 is 0 Å². The van der Waals surface area contributed by atoms with Crippen LogP contribution in [0.15, 0.2) is 40.9 Å². The van der Waals surface area contributed by atoms with E-state index in [0.717, 1.165) is 15.2 Å². The number of hydrogen-bond donors (Lipinski definition) is 1. The van der Waals surface area contributed by atoms with Crippen molar-refractivity contribution in [2.45, 2.75) is 0 Å². The van der Waals surface area contributed by atoms with E-state index in [1.165, 1.54) is 7.11 Å². The molecule has 3 nitrogen and oxygen atoms in total. The second kappa shape index (κ2) is 4.63. The van der Waals surface area contributed by atoms with Crippen molar-refractivity contribution in [3.8, 4) is 0 Å². The molecule has 16 heavy (non-hydrogen) atoms. The minimum atomic E-state index is -0.243. The normalized spacial score (nSPS) is 10.4. The highest BCUT2D eigenvalue weighted by Gasteiger charge is 2.05. The van der Waals surface area contributed by atoms with E-state index in [9.17, 15) is 4.79 Å². The van der Waals surface area contributed by atoms with Crippen molar-refractivity contribution in [3.05, 3.63) is 46.4 Å². The van der Waals surface area contributed by atoms with E-state index >= 15 is 0 Å². The van der Waals surface area contributed by atoms with Crippen molar-refractivity contribution < 1.29 is 9.63 Å².